The maximum Gasteiger partial charge on any atom is 0.306 e. The molecule has 2 unspecified atom stereocenters. The Hall–Kier alpha value is -2.63. The number of phosphoric acid groups is 1. The fraction of sp³-hybridized carbons (Fsp3) is 0.708. The van der Waals surface area contributed by atoms with Gasteiger partial charge in [0.1, 0.15) is 25.9 Å². The number of likely N-dealkylation sites (N-methyl/N-ethyl adjacent to an activating group) is 1. The van der Waals surface area contributed by atoms with Gasteiger partial charge in [-0.05, 0) is 44.9 Å². The van der Waals surface area contributed by atoms with Crippen LogP contribution in [0.25, 0.3) is 0 Å². The van der Waals surface area contributed by atoms with Crippen molar-refractivity contribution in [2.75, 3.05) is 47.5 Å². The Morgan fingerprint density at radius 3 is 1.75 bits per heavy atom. The van der Waals surface area contributed by atoms with Crippen molar-refractivity contribution in [1.82, 2.24) is 0 Å². The number of quaternary nitrogens is 1. The Kier molecular flexibility index (Phi) is 38.7. The lowest BCUT2D eigenvalue weighted by Gasteiger charge is -2.28. The minimum atomic E-state index is -4.66. The van der Waals surface area contributed by atoms with E-state index in [1.807, 2.05) is 75.8 Å². The third-order valence-corrected chi connectivity index (χ3v) is 10.4. The average molecular weight is 866 g/mol. The van der Waals surface area contributed by atoms with Gasteiger partial charge in [-0.15, -0.1) is 0 Å². The minimum absolute atomic E-state index is 0.0564. The number of esters is 2. The van der Waals surface area contributed by atoms with Crippen LogP contribution >= 0.6 is 7.82 Å². The topological polar surface area (TPSA) is 141 Å². The van der Waals surface area contributed by atoms with Gasteiger partial charge in [-0.25, -0.2) is 4.89 Å². The van der Waals surface area contributed by atoms with E-state index < -0.39 is 32.5 Å². The van der Waals surface area contributed by atoms with Gasteiger partial charge in [0.2, 0.25) is 0 Å². The van der Waals surface area contributed by atoms with Crippen LogP contribution in [0.3, 0.4) is 0 Å². The summed E-state index contributed by atoms with van der Waals surface area (Å²) in [7, 11) is 1.08. The number of nitrogens with zero attached hydrogens (tertiary/aromatic N) is 1. The van der Waals surface area contributed by atoms with Gasteiger partial charge < -0.3 is 27.9 Å². The molecule has 60 heavy (non-hydrogen) atoms. The second-order valence-corrected chi connectivity index (χ2v) is 17.7. The first-order valence-electron chi connectivity index (χ1n) is 22.9. The predicted molar refractivity (Wildman–Crippen MR) is 243 cm³/mol. The van der Waals surface area contributed by atoms with Gasteiger partial charge in [0, 0.05) is 12.8 Å². The molecule has 0 heterocycles. The molecular formula is C48H84NO10P. The van der Waals surface area contributed by atoms with Crippen LogP contribution in [0, 0.1) is 0 Å². The van der Waals surface area contributed by atoms with Gasteiger partial charge in [-0.1, -0.05) is 177 Å². The predicted octanol–water partition coefficient (Wildman–Crippen LogP) is 11.9. The summed E-state index contributed by atoms with van der Waals surface area (Å²) in [6.45, 7) is 3.89. The molecule has 0 spiro atoms. The van der Waals surface area contributed by atoms with E-state index in [2.05, 4.69) is 37.0 Å². The number of hydrogen-bond donors (Lipinski definition) is 1. The molecule has 0 fully saturated rings. The van der Waals surface area contributed by atoms with E-state index in [1.165, 1.54) is 70.6 Å². The highest BCUT2D eigenvalue weighted by Gasteiger charge is 2.21. The fourth-order valence-corrected chi connectivity index (χ4v) is 6.56. The molecular weight excluding hydrogens is 781 g/mol. The summed E-state index contributed by atoms with van der Waals surface area (Å²) in [4.78, 5) is 42.0. The van der Waals surface area contributed by atoms with Crippen LogP contribution in [0.5, 0.6) is 0 Å². The lowest BCUT2D eigenvalue weighted by atomic mass is 10.0. The van der Waals surface area contributed by atoms with E-state index in [0.717, 1.165) is 38.5 Å². The van der Waals surface area contributed by atoms with Crippen molar-refractivity contribution >= 4 is 19.8 Å². The van der Waals surface area contributed by atoms with Crippen LogP contribution in [0.2, 0.25) is 0 Å². The van der Waals surface area contributed by atoms with Crippen molar-refractivity contribution < 1.29 is 52.2 Å². The quantitative estimate of drug-likeness (QED) is 0.00923. The summed E-state index contributed by atoms with van der Waals surface area (Å²) in [5, 5.41) is 8.96. The van der Waals surface area contributed by atoms with Gasteiger partial charge in [0.15, 0.2) is 6.10 Å². The highest BCUT2D eigenvalue weighted by molar-refractivity contribution is 7.45. The van der Waals surface area contributed by atoms with E-state index in [0.29, 0.717) is 36.7 Å². The highest BCUT2D eigenvalue weighted by Crippen LogP contribution is 2.38. The molecule has 12 heteroatoms. The van der Waals surface area contributed by atoms with Crippen molar-refractivity contribution in [1.29, 1.82) is 0 Å². The number of carbonyl (C=O) groups excluding carboxylic acids is 2. The summed E-state index contributed by atoms with van der Waals surface area (Å²) in [5.74, 6) is -0.962. The van der Waals surface area contributed by atoms with E-state index in [9.17, 15) is 19.0 Å². The highest BCUT2D eigenvalue weighted by atomic mass is 31.2. The van der Waals surface area contributed by atoms with Crippen LogP contribution in [-0.2, 0) is 37.6 Å². The smallest absolute Gasteiger partial charge is 0.306 e. The first-order chi connectivity index (χ1) is 28.9. The molecule has 0 rings (SSSR count). The Labute approximate surface area is 365 Å². The minimum Gasteiger partial charge on any atom is -0.756 e. The molecule has 0 amide bonds. The average Bonchev–Trinajstić information content (AvgIpc) is 3.20. The molecule has 0 bridgehead atoms. The molecule has 0 aromatic carbocycles. The van der Waals surface area contributed by atoms with Crippen LogP contribution in [0.4, 0.5) is 0 Å². The Balaban J connectivity index is 4.53. The van der Waals surface area contributed by atoms with E-state index >= 15 is 0 Å². The maximum atomic E-state index is 12.7. The van der Waals surface area contributed by atoms with Gasteiger partial charge in [-0.2, -0.15) is 0 Å². The molecule has 0 saturated carbocycles. The number of carbonyl (C=O) groups is 2. The van der Waals surface area contributed by atoms with Crippen molar-refractivity contribution in [3.63, 3.8) is 0 Å². The molecule has 346 valence electrons. The van der Waals surface area contributed by atoms with Gasteiger partial charge in [0.25, 0.3) is 7.82 Å². The summed E-state index contributed by atoms with van der Waals surface area (Å²) < 4.78 is 33.8. The summed E-state index contributed by atoms with van der Waals surface area (Å²) in [6.07, 6.45) is 45.5. The lowest BCUT2D eigenvalue weighted by Crippen LogP contribution is -2.37. The van der Waals surface area contributed by atoms with Gasteiger partial charge in [0.05, 0.1) is 27.7 Å². The molecule has 0 saturated heterocycles. The van der Waals surface area contributed by atoms with Crippen molar-refractivity contribution in [2.24, 2.45) is 0 Å². The fourth-order valence-electron chi connectivity index (χ4n) is 5.83. The standard InChI is InChI=1S/C48H84NO10P/c1-6-8-10-11-12-13-14-15-16-19-22-25-28-31-35-39-47(50)55-43-46(44-57-60(53,54)56-42-41-49(3,4)5)58-48(51)40-36-32-29-26-23-20-17-18-21-24-27-30-34-38-45(59-52)37-33-9-7-2/h9,18,20-21,23,27,29-30,32-34,38,45-46H,6-8,10-17,19,22,24-26,28,31,35-37,39-44H2,1-5H3,(H-,52,53,54)/b21-18-,23-20-,30-27-,32-29-,33-9-,38-34+/t45?,46-/m0/s1. The SMILES string of the molecule is CC/C=C\CC(/C=C/C=C\C/C=C\C/C=C\C/C=C\CCC(=O)O[C@@H](COC(=O)CCCCCCCCCCCCCCCCC)COP(=O)([O-])OCC[N+](C)(C)C)OO. The van der Waals surface area contributed by atoms with Crippen molar-refractivity contribution in [2.45, 2.75) is 174 Å². The van der Waals surface area contributed by atoms with Gasteiger partial charge >= 0.3 is 11.9 Å². The molecule has 11 nitrogen and oxygen atoms in total. The number of allylic oxidation sites excluding steroid dienone is 10. The summed E-state index contributed by atoms with van der Waals surface area (Å²) in [6, 6.07) is 0. The van der Waals surface area contributed by atoms with Crippen LogP contribution in [0.1, 0.15) is 162 Å². The molecule has 0 aliphatic rings. The van der Waals surface area contributed by atoms with E-state index in [4.69, 9.17) is 23.8 Å². The molecule has 0 aliphatic carbocycles. The monoisotopic (exact) mass is 866 g/mol. The molecule has 0 aromatic rings. The van der Waals surface area contributed by atoms with E-state index in [-0.39, 0.29) is 32.2 Å². The zero-order chi connectivity index (χ0) is 44.4. The molecule has 3 atom stereocenters. The zero-order valence-corrected chi connectivity index (χ0v) is 39.1. The largest absolute Gasteiger partial charge is 0.756 e. The van der Waals surface area contributed by atoms with Gasteiger partial charge in [-0.3, -0.25) is 19.4 Å². The van der Waals surface area contributed by atoms with E-state index in [1.54, 1.807) is 0 Å². The first kappa shape index (κ1) is 57.4. The summed E-state index contributed by atoms with van der Waals surface area (Å²) in [5.41, 5.74) is 0. The van der Waals surface area contributed by atoms with Crippen LogP contribution in [0.15, 0.2) is 72.9 Å². The van der Waals surface area contributed by atoms with Crippen molar-refractivity contribution in [3.05, 3.63) is 72.9 Å². The second kappa shape index (κ2) is 40.4. The zero-order valence-electron chi connectivity index (χ0n) is 38.2. The number of rotatable bonds is 41. The number of ether oxygens (including phenoxy) is 2. The molecule has 0 radical (unpaired) electrons. The third-order valence-electron chi connectivity index (χ3n) is 9.45. The Morgan fingerprint density at radius 2 is 1.20 bits per heavy atom. The van der Waals surface area contributed by atoms with Crippen LogP contribution in [-0.4, -0.2) is 81.4 Å². The Morgan fingerprint density at radius 1 is 0.650 bits per heavy atom. The number of hydrogen-bond acceptors (Lipinski definition) is 10. The summed E-state index contributed by atoms with van der Waals surface area (Å²) >= 11 is 0. The normalized spacial score (nSPS) is 14.7. The first-order valence-corrected chi connectivity index (χ1v) is 24.4. The molecule has 0 aliphatic heterocycles. The van der Waals surface area contributed by atoms with Crippen molar-refractivity contribution in [3.8, 4) is 0 Å². The molecule has 1 N–H and O–H groups in total. The maximum absolute atomic E-state index is 12.7. The Bertz CT molecular complexity index is 1270. The lowest BCUT2D eigenvalue weighted by molar-refractivity contribution is -0.870. The number of phosphoric ester groups is 1. The third kappa shape index (κ3) is 42.1. The number of unbranched alkanes of at least 4 members (excludes halogenated alkanes) is 14. The molecule has 0 aromatic heterocycles. The second-order valence-electron chi connectivity index (χ2n) is 16.3. The van der Waals surface area contributed by atoms with Crippen LogP contribution < -0.4 is 4.89 Å².